The third-order valence-corrected chi connectivity index (χ3v) is 4.30. The van der Waals surface area contributed by atoms with Gasteiger partial charge in [-0.25, -0.2) is 0 Å². The van der Waals surface area contributed by atoms with Crippen LogP contribution >= 0.6 is 0 Å². The number of hydrogen-bond acceptors (Lipinski definition) is 2. The van der Waals surface area contributed by atoms with Crippen LogP contribution < -0.4 is 4.90 Å². The van der Waals surface area contributed by atoms with Crippen LogP contribution in [0.4, 0.5) is 5.69 Å². The Labute approximate surface area is 104 Å². The first kappa shape index (κ1) is 11.1. The lowest BCUT2D eigenvalue weighted by Gasteiger charge is -2.46. The van der Waals surface area contributed by atoms with Crippen molar-refractivity contribution in [2.75, 3.05) is 31.1 Å². The number of anilines is 1. The molecule has 2 heteroatoms. The molecule has 1 saturated heterocycles. The average molecular weight is 230 g/mol. The molecule has 0 aromatic heterocycles. The van der Waals surface area contributed by atoms with Gasteiger partial charge in [-0.1, -0.05) is 25.1 Å². The van der Waals surface area contributed by atoms with Crippen LogP contribution in [0.1, 0.15) is 19.8 Å². The lowest BCUT2D eigenvalue weighted by molar-refractivity contribution is 0.0810. The van der Waals surface area contributed by atoms with Gasteiger partial charge >= 0.3 is 0 Å². The van der Waals surface area contributed by atoms with E-state index in [2.05, 4.69) is 47.1 Å². The molecule has 2 nitrogen and oxygen atoms in total. The van der Waals surface area contributed by atoms with Gasteiger partial charge in [0, 0.05) is 37.9 Å². The molecule has 2 fully saturated rings. The lowest BCUT2D eigenvalue weighted by atomic mass is 9.80. The lowest BCUT2D eigenvalue weighted by Crippen LogP contribution is -2.53. The van der Waals surface area contributed by atoms with E-state index in [4.69, 9.17) is 0 Å². The van der Waals surface area contributed by atoms with Crippen molar-refractivity contribution in [3.05, 3.63) is 30.3 Å². The minimum Gasteiger partial charge on any atom is -0.369 e. The molecule has 1 aliphatic heterocycles. The van der Waals surface area contributed by atoms with Crippen LogP contribution in [-0.2, 0) is 0 Å². The number of piperazine rings is 1. The molecule has 0 bridgehead atoms. The molecule has 0 atom stereocenters. The topological polar surface area (TPSA) is 6.48 Å². The van der Waals surface area contributed by atoms with Gasteiger partial charge in [-0.15, -0.1) is 0 Å². The number of nitrogens with zero attached hydrogens (tertiary/aromatic N) is 2. The van der Waals surface area contributed by atoms with Gasteiger partial charge in [0.05, 0.1) is 0 Å². The number of hydrogen-bond donors (Lipinski definition) is 0. The summed E-state index contributed by atoms with van der Waals surface area (Å²) >= 11 is 0. The summed E-state index contributed by atoms with van der Waals surface area (Å²) in [6.07, 6.45) is 2.84. The molecule has 0 unspecified atom stereocenters. The SMILES string of the molecule is CC1CC(N2CCN(c3ccccc3)CC2)C1. The maximum Gasteiger partial charge on any atom is 0.0367 e. The molecule has 0 radical (unpaired) electrons. The Hall–Kier alpha value is -1.02. The first-order chi connectivity index (χ1) is 8.33. The molecule has 2 aliphatic rings. The molecule has 92 valence electrons. The monoisotopic (exact) mass is 230 g/mol. The fraction of sp³-hybridized carbons (Fsp3) is 0.600. The second-order valence-corrected chi connectivity index (χ2v) is 5.59. The van der Waals surface area contributed by atoms with E-state index in [0.29, 0.717) is 0 Å². The molecule has 1 aromatic carbocycles. The molecule has 1 aliphatic carbocycles. The summed E-state index contributed by atoms with van der Waals surface area (Å²) in [6, 6.07) is 11.7. The highest BCUT2D eigenvalue weighted by Crippen LogP contribution is 2.31. The highest BCUT2D eigenvalue weighted by molar-refractivity contribution is 5.46. The van der Waals surface area contributed by atoms with E-state index in [9.17, 15) is 0 Å². The van der Waals surface area contributed by atoms with Crippen molar-refractivity contribution in [1.29, 1.82) is 0 Å². The maximum absolute atomic E-state index is 2.69. The predicted molar refractivity (Wildman–Crippen MR) is 72.4 cm³/mol. The summed E-state index contributed by atoms with van der Waals surface area (Å²) in [5.74, 6) is 0.965. The fourth-order valence-corrected chi connectivity index (χ4v) is 3.14. The maximum atomic E-state index is 2.69. The zero-order valence-corrected chi connectivity index (χ0v) is 10.7. The second kappa shape index (κ2) is 4.69. The summed E-state index contributed by atoms with van der Waals surface area (Å²) in [5, 5.41) is 0. The minimum atomic E-state index is 0.892. The Bertz CT molecular complexity index is 348. The summed E-state index contributed by atoms with van der Waals surface area (Å²) in [6.45, 7) is 7.24. The molecule has 1 aromatic rings. The Balaban J connectivity index is 1.54. The van der Waals surface area contributed by atoms with Gasteiger partial charge < -0.3 is 4.90 Å². The number of para-hydroxylation sites is 1. The van der Waals surface area contributed by atoms with Crippen LogP contribution in [0.15, 0.2) is 30.3 Å². The van der Waals surface area contributed by atoms with E-state index in [0.717, 1.165) is 12.0 Å². The Morgan fingerprint density at radius 1 is 0.941 bits per heavy atom. The van der Waals surface area contributed by atoms with Crippen molar-refractivity contribution >= 4 is 5.69 Å². The molecule has 17 heavy (non-hydrogen) atoms. The molecule has 0 N–H and O–H groups in total. The van der Waals surface area contributed by atoms with E-state index in [-0.39, 0.29) is 0 Å². The Kier molecular flexibility index (Phi) is 3.06. The van der Waals surface area contributed by atoms with Crippen LogP contribution in [0.3, 0.4) is 0 Å². The largest absolute Gasteiger partial charge is 0.369 e. The quantitative estimate of drug-likeness (QED) is 0.770. The molecule has 1 heterocycles. The van der Waals surface area contributed by atoms with Crippen molar-refractivity contribution in [3.63, 3.8) is 0 Å². The van der Waals surface area contributed by atoms with E-state index in [1.807, 2.05) is 0 Å². The average Bonchev–Trinajstić information content (AvgIpc) is 2.36. The van der Waals surface area contributed by atoms with Crippen LogP contribution in [0, 0.1) is 5.92 Å². The third kappa shape index (κ3) is 2.32. The van der Waals surface area contributed by atoms with Gasteiger partial charge in [0.25, 0.3) is 0 Å². The van der Waals surface area contributed by atoms with Crippen molar-refractivity contribution in [1.82, 2.24) is 4.90 Å². The van der Waals surface area contributed by atoms with E-state index < -0.39 is 0 Å². The standard InChI is InChI=1S/C15H22N2/c1-13-11-15(12-13)17-9-7-16(8-10-17)14-5-3-2-4-6-14/h2-6,13,15H,7-12H2,1H3. The van der Waals surface area contributed by atoms with Gasteiger partial charge in [-0.2, -0.15) is 0 Å². The van der Waals surface area contributed by atoms with Crippen molar-refractivity contribution < 1.29 is 0 Å². The van der Waals surface area contributed by atoms with Crippen molar-refractivity contribution in [3.8, 4) is 0 Å². The Morgan fingerprint density at radius 2 is 1.59 bits per heavy atom. The van der Waals surface area contributed by atoms with Crippen molar-refractivity contribution in [2.45, 2.75) is 25.8 Å². The van der Waals surface area contributed by atoms with Gasteiger partial charge in [0.2, 0.25) is 0 Å². The summed E-state index contributed by atoms with van der Waals surface area (Å²) in [5.41, 5.74) is 1.38. The van der Waals surface area contributed by atoms with Crippen LogP contribution in [-0.4, -0.2) is 37.1 Å². The Morgan fingerprint density at radius 3 is 2.18 bits per heavy atom. The molecular formula is C15H22N2. The van der Waals surface area contributed by atoms with Gasteiger partial charge in [0.1, 0.15) is 0 Å². The second-order valence-electron chi connectivity index (χ2n) is 5.59. The van der Waals surface area contributed by atoms with Crippen LogP contribution in [0.2, 0.25) is 0 Å². The summed E-state index contributed by atoms with van der Waals surface area (Å²) < 4.78 is 0. The predicted octanol–water partition coefficient (Wildman–Crippen LogP) is 2.61. The van der Waals surface area contributed by atoms with E-state index in [1.165, 1.54) is 44.7 Å². The highest BCUT2D eigenvalue weighted by Gasteiger charge is 2.32. The molecule has 0 spiro atoms. The van der Waals surface area contributed by atoms with Gasteiger partial charge in [-0.05, 0) is 30.9 Å². The number of benzene rings is 1. The van der Waals surface area contributed by atoms with E-state index >= 15 is 0 Å². The zero-order chi connectivity index (χ0) is 11.7. The molecule has 1 saturated carbocycles. The zero-order valence-electron chi connectivity index (χ0n) is 10.7. The highest BCUT2D eigenvalue weighted by atomic mass is 15.3. The third-order valence-electron chi connectivity index (χ3n) is 4.30. The van der Waals surface area contributed by atoms with Gasteiger partial charge in [0.15, 0.2) is 0 Å². The molecule has 3 rings (SSSR count). The van der Waals surface area contributed by atoms with Crippen molar-refractivity contribution in [2.24, 2.45) is 5.92 Å². The first-order valence-corrected chi connectivity index (χ1v) is 6.87. The molecular weight excluding hydrogens is 208 g/mol. The molecule has 0 amide bonds. The number of rotatable bonds is 2. The minimum absolute atomic E-state index is 0.892. The normalized spacial score (nSPS) is 30.1. The van der Waals surface area contributed by atoms with Gasteiger partial charge in [-0.3, -0.25) is 4.90 Å². The van der Waals surface area contributed by atoms with Crippen LogP contribution in [0.5, 0.6) is 0 Å². The van der Waals surface area contributed by atoms with E-state index in [1.54, 1.807) is 0 Å². The fourth-order valence-electron chi connectivity index (χ4n) is 3.14. The first-order valence-electron chi connectivity index (χ1n) is 6.87. The summed E-state index contributed by atoms with van der Waals surface area (Å²) in [7, 11) is 0. The van der Waals surface area contributed by atoms with Crippen LogP contribution in [0.25, 0.3) is 0 Å². The summed E-state index contributed by atoms with van der Waals surface area (Å²) in [4.78, 5) is 5.21. The smallest absolute Gasteiger partial charge is 0.0367 e.